The lowest BCUT2D eigenvalue weighted by Gasteiger charge is -2.11. The summed E-state index contributed by atoms with van der Waals surface area (Å²) in [6, 6.07) is 6.08. The van der Waals surface area contributed by atoms with E-state index in [0.29, 0.717) is 16.8 Å². The van der Waals surface area contributed by atoms with E-state index >= 15 is 0 Å². The third kappa shape index (κ3) is 2.63. The van der Waals surface area contributed by atoms with E-state index in [4.69, 9.17) is 4.74 Å². The molecule has 0 aliphatic heterocycles. The average Bonchev–Trinajstić information content (AvgIpc) is 2.88. The fourth-order valence-electron chi connectivity index (χ4n) is 2.73. The number of methoxy groups -OCH3 is 1. The van der Waals surface area contributed by atoms with Crippen molar-refractivity contribution in [3.63, 3.8) is 0 Å². The summed E-state index contributed by atoms with van der Waals surface area (Å²) in [5.41, 5.74) is 2.80. The third-order valence-electron chi connectivity index (χ3n) is 3.77. The molecule has 0 amide bonds. The number of carbonyl (C=O) groups is 1. The summed E-state index contributed by atoms with van der Waals surface area (Å²) in [5.74, 6) is -0.865. The van der Waals surface area contributed by atoms with Gasteiger partial charge in [-0.1, -0.05) is 0 Å². The molecule has 1 N–H and O–H groups in total. The predicted molar refractivity (Wildman–Crippen MR) is 83.5 cm³/mol. The van der Waals surface area contributed by atoms with Gasteiger partial charge in [0.1, 0.15) is 22.6 Å². The fourth-order valence-corrected chi connectivity index (χ4v) is 2.73. The molecule has 0 aliphatic rings. The van der Waals surface area contributed by atoms with Gasteiger partial charge in [-0.3, -0.25) is 4.98 Å². The molecule has 0 atom stereocenters. The van der Waals surface area contributed by atoms with Crippen LogP contribution >= 0.6 is 0 Å². The first-order chi connectivity index (χ1) is 11.0. The van der Waals surface area contributed by atoms with Crippen molar-refractivity contribution >= 4 is 17.0 Å². The van der Waals surface area contributed by atoms with Gasteiger partial charge in [0.2, 0.25) is 0 Å². The van der Waals surface area contributed by atoms with Crippen LogP contribution in [0.5, 0.6) is 5.75 Å². The van der Waals surface area contributed by atoms with E-state index in [2.05, 4.69) is 4.98 Å². The molecule has 0 aliphatic carbocycles. The largest absolute Gasteiger partial charge is 0.496 e. The molecular formula is C17H15FN2O3. The zero-order chi connectivity index (χ0) is 16.6. The number of carboxylic acid groups (broad SMARTS) is 1. The topological polar surface area (TPSA) is 64.3 Å². The molecule has 3 aromatic rings. The van der Waals surface area contributed by atoms with Gasteiger partial charge in [0.25, 0.3) is 0 Å². The zero-order valence-electron chi connectivity index (χ0n) is 12.7. The van der Waals surface area contributed by atoms with Crippen molar-refractivity contribution in [1.82, 2.24) is 9.55 Å². The van der Waals surface area contributed by atoms with Crippen LogP contribution in [0.15, 0.2) is 36.7 Å². The van der Waals surface area contributed by atoms with Gasteiger partial charge in [-0.05, 0) is 36.8 Å². The number of rotatable bonds is 4. The quantitative estimate of drug-likeness (QED) is 0.803. The molecule has 0 radical (unpaired) electrons. The summed E-state index contributed by atoms with van der Waals surface area (Å²) >= 11 is 0. The van der Waals surface area contributed by atoms with E-state index in [1.165, 1.54) is 25.4 Å². The van der Waals surface area contributed by atoms with Gasteiger partial charge in [0.15, 0.2) is 0 Å². The molecule has 2 aromatic heterocycles. The van der Waals surface area contributed by atoms with Crippen molar-refractivity contribution in [1.29, 1.82) is 0 Å². The lowest BCUT2D eigenvalue weighted by atomic mass is 10.2. The number of benzene rings is 1. The first kappa shape index (κ1) is 15.0. The SMILES string of the molecule is COc1ccc(F)cc1Cn1cc(C(=O)O)c2nccc(C)c21. The van der Waals surface area contributed by atoms with Gasteiger partial charge >= 0.3 is 5.97 Å². The first-order valence-corrected chi connectivity index (χ1v) is 7.01. The minimum atomic E-state index is -1.04. The number of pyridine rings is 1. The Labute approximate surface area is 132 Å². The van der Waals surface area contributed by atoms with E-state index in [0.717, 1.165) is 11.1 Å². The Morgan fingerprint density at radius 2 is 2.17 bits per heavy atom. The van der Waals surface area contributed by atoms with E-state index in [9.17, 15) is 14.3 Å². The van der Waals surface area contributed by atoms with E-state index < -0.39 is 5.97 Å². The van der Waals surface area contributed by atoms with Crippen LogP contribution < -0.4 is 4.74 Å². The summed E-state index contributed by atoms with van der Waals surface area (Å²) in [6.45, 7) is 2.17. The van der Waals surface area contributed by atoms with Crippen molar-refractivity contribution < 1.29 is 19.0 Å². The van der Waals surface area contributed by atoms with Crippen molar-refractivity contribution in [2.24, 2.45) is 0 Å². The van der Waals surface area contributed by atoms with Crippen molar-refractivity contribution in [2.45, 2.75) is 13.5 Å². The van der Waals surface area contributed by atoms with Gasteiger partial charge in [0, 0.05) is 18.0 Å². The third-order valence-corrected chi connectivity index (χ3v) is 3.77. The van der Waals surface area contributed by atoms with Crippen LogP contribution in [0.1, 0.15) is 21.5 Å². The Kier molecular flexibility index (Phi) is 3.73. The Hall–Kier alpha value is -2.89. The Morgan fingerprint density at radius 1 is 1.39 bits per heavy atom. The van der Waals surface area contributed by atoms with Gasteiger partial charge in [-0.15, -0.1) is 0 Å². The second-order valence-electron chi connectivity index (χ2n) is 5.26. The van der Waals surface area contributed by atoms with Crippen molar-refractivity contribution in [2.75, 3.05) is 7.11 Å². The Bertz CT molecular complexity index is 902. The molecular weight excluding hydrogens is 299 g/mol. The minimum absolute atomic E-state index is 0.124. The molecule has 0 saturated carbocycles. The van der Waals surface area contributed by atoms with E-state index in [1.807, 2.05) is 13.0 Å². The van der Waals surface area contributed by atoms with Crippen molar-refractivity contribution in [3.8, 4) is 5.75 Å². The summed E-state index contributed by atoms with van der Waals surface area (Å²) in [6.07, 6.45) is 3.11. The highest BCUT2D eigenvalue weighted by molar-refractivity contribution is 6.02. The molecule has 3 rings (SSSR count). The molecule has 1 aromatic carbocycles. The Morgan fingerprint density at radius 3 is 2.87 bits per heavy atom. The molecule has 0 fully saturated rings. The molecule has 118 valence electrons. The van der Waals surface area contributed by atoms with Crippen LogP contribution in [0.3, 0.4) is 0 Å². The van der Waals surface area contributed by atoms with Gasteiger partial charge in [-0.2, -0.15) is 0 Å². The number of aromatic nitrogens is 2. The van der Waals surface area contributed by atoms with Crippen LogP contribution in [-0.4, -0.2) is 27.7 Å². The van der Waals surface area contributed by atoms with E-state index in [1.54, 1.807) is 16.8 Å². The first-order valence-electron chi connectivity index (χ1n) is 7.01. The maximum absolute atomic E-state index is 13.5. The molecule has 0 bridgehead atoms. The minimum Gasteiger partial charge on any atom is -0.496 e. The fraction of sp³-hybridized carbons (Fsp3) is 0.176. The average molecular weight is 314 g/mol. The highest BCUT2D eigenvalue weighted by atomic mass is 19.1. The summed E-state index contributed by atoms with van der Waals surface area (Å²) in [7, 11) is 1.51. The van der Waals surface area contributed by atoms with Crippen LogP contribution in [0, 0.1) is 12.7 Å². The number of ether oxygens (including phenoxy) is 1. The number of halogens is 1. The maximum Gasteiger partial charge on any atom is 0.339 e. The molecule has 23 heavy (non-hydrogen) atoms. The molecule has 0 saturated heterocycles. The second kappa shape index (κ2) is 5.72. The van der Waals surface area contributed by atoms with Crippen LogP contribution in [0.4, 0.5) is 4.39 Å². The molecule has 2 heterocycles. The second-order valence-corrected chi connectivity index (χ2v) is 5.26. The summed E-state index contributed by atoms with van der Waals surface area (Å²) < 4.78 is 20.6. The zero-order valence-corrected chi connectivity index (χ0v) is 12.7. The van der Waals surface area contributed by atoms with Crippen LogP contribution in [0.2, 0.25) is 0 Å². The van der Waals surface area contributed by atoms with E-state index in [-0.39, 0.29) is 17.9 Å². The number of aromatic carboxylic acids is 1. The number of carboxylic acids is 1. The number of hydrogen-bond donors (Lipinski definition) is 1. The predicted octanol–water partition coefficient (Wildman–Crippen LogP) is 3.24. The maximum atomic E-state index is 13.5. The monoisotopic (exact) mass is 314 g/mol. The molecule has 0 spiro atoms. The van der Waals surface area contributed by atoms with Gasteiger partial charge < -0.3 is 14.4 Å². The highest BCUT2D eigenvalue weighted by Crippen LogP contribution is 2.26. The number of fused-ring (bicyclic) bond motifs is 1. The van der Waals surface area contributed by atoms with Gasteiger partial charge in [-0.25, -0.2) is 9.18 Å². The Balaban J connectivity index is 2.18. The number of aryl methyl sites for hydroxylation is 1. The lowest BCUT2D eigenvalue weighted by molar-refractivity contribution is 0.0698. The smallest absolute Gasteiger partial charge is 0.339 e. The van der Waals surface area contributed by atoms with Crippen LogP contribution in [-0.2, 0) is 6.54 Å². The molecule has 6 heteroatoms. The number of hydrogen-bond acceptors (Lipinski definition) is 3. The van der Waals surface area contributed by atoms with Crippen molar-refractivity contribution in [3.05, 3.63) is 59.2 Å². The van der Waals surface area contributed by atoms with Crippen LogP contribution in [0.25, 0.3) is 11.0 Å². The normalized spacial score (nSPS) is 10.9. The number of nitrogens with zero attached hydrogens (tertiary/aromatic N) is 2. The van der Waals surface area contributed by atoms with Gasteiger partial charge in [0.05, 0.1) is 19.2 Å². The molecule has 0 unspecified atom stereocenters. The molecule has 5 nitrogen and oxygen atoms in total. The standard InChI is InChI=1S/C17H15FN2O3/c1-10-5-6-19-15-13(17(21)22)9-20(16(10)15)8-11-7-12(18)3-4-14(11)23-2/h3-7,9H,8H2,1-2H3,(H,21,22). The summed E-state index contributed by atoms with van der Waals surface area (Å²) in [4.78, 5) is 15.6. The summed E-state index contributed by atoms with van der Waals surface area (Å²) in [5, 5.41) is 9.36. The highest BCUT2D eigenvalue weighted by Gasteiger charge is 2.18. The lowest BCUT2D eigenvalue weighted by Crippen LogP contribution is -2.02.